The smallest absolute Gasteiger partial charge is 0.381 e. The van der Waals surface area contributed by atoms with E-state index in [9.17, 15) is 10.2 Å². The number of rotatable bonds is 16. The van der Waals surface area contributed by atoms with Crippen LogP contribution in [0, 0.1) is 0 Å². The minimum Gasteiger partial charge on any atom is -0.381 e. The fourth-order valence-corrected chi connectivity index (χ4v) is 11.6. The van der Waals surface area contributed by atoms with Gasteiger partial charge in [-0.25, -0.2) is 0 Å². The first kappa shape index (κ1) is 32.0. The monoisotopic (exact) mass is 588 g/mol. The Morgan fingerprint density at radius 1 is 0.548 bits per heavy atom. The maximum atomic E-state index is 10.8. The number of hydrogen-bond acceptors (Lipinski definition) is 4. The van der Waals surface area contributed by atoms with Crippen molar-refractivity contribution in [2.45, 2.75) is 76.9 Å². The Morgan fingerprint density at radius 3 is 1.36 bits per heavy atom. The van der Waals surface area contributed by atoms with Gasteiger partial charge in [0.1, 0.15) is 6.10 Å². The molecule has 1 aliphatic rings. The van der Waals surface area contributed by atoms with Crippen LogP contribution >= 0.6 is 7.26 Å². The van der Waals surface area contributed by atoms with Crippen LogP contribution in [0.5, 0.6) is 0 Å². The molecule has 0 aromatic heterocycles. The fraction of sp³-hybridized carbons (Fsp3) is 0.405. The molecular weight excluding hydrogens is 539 g/mol. The molecule has 0 heterocycles. The summed E-state index contributed by atoms with van der Waals surface area (Å²) in [6, 6.07) is 33.6. The van der Waals surface area contributed by atoms with Crippen LogP contribution in [0.25, 0.3) is 0 Å². The van der Waals surface area contributed by atoms with Crippen molar-refractivity contribution in [1.82, 2.24) is 0 Å². The predicted molar refractivity (Wildman–Crippen MR) is 179 cm³/mol. The van der Waals surface area contributed by atoms with Crippen LogP contribution in [-0.4, -0.2) is 42.8 Å². The third-order valence-electron chi connectivity index (χ3n) is 8.97. The first-order valence-electron chi connectivity index (χ1n) is 15.6. The van der Waals surface area contributed by atoms with Crippen molar-refractivity contribution < 1.29 is 19.7 Å². The molecule has 0 fully saturated rings. The molecule has 0 aliphatic heterocycles. The van der Waals surface area contributed by atoms with E-state index in [-0.39, 0.29) is 0 Å². The second kappa shape index (κ2) is 16.1. The summed E-state index contributed by atoms with van der Waals surface area (Å²) in [7, 11) is 0.886. The summed E-state index contributed by atoms with van der Waals surface area (Å²) in [5, 5.41) is 25.9. The molecule has 2 atom stereocenters. The van der Waals surface area contributed by atoms with E-state index < -0.39 is 19.5 Å². The zero-order valence-corrected chi connectivity index (χ0v) is 26.6. The summed E-state index contributed by atoms with van der Waals surface area (Å²) in [6.45, 7) is 1.87. The van der Waals surface area contributed by atoms with Crippen LogP contribution in [0.3, 0.4) is 0 Å². The Kier molecular flexibility index (Phi) is 12.3. The predicted octanol–water partition coefficient (Wildman–Crippen LogP) is 6.78. The molecule has 226 valence electrons. The maximum absolute atomic E-state index is 10.8. The van der Waals surface area contributed by atoms with Crippen molar-refractivity contribution in [1.29, 1.82) is 0 Å². The molecule has 2 N–H and O–H groups in total. The molecule has 4 rings (SSSR count). The second-order valence-electron chi connectivity index (χ2n) is 11.5. The SMILES string of the molecule is COC1=C(OC)C(O)C(CCCCCCCCCC[PH](c2ccccc2)(c2ccccc2)c2ccccc2)=C(C)C1O. The number of methoxy groups -OCH3 is 2. The molecule has 0 saturated heterocycles. The fourth-order valence-electron chi connectivity index (χ4n) is 6.64. The van der Waals surface area contributed by atoms with Gasteiger partial charge in [0.05, 0.1) is 14.2 Å². The average Bonchev–Trinajstić information content (AvgIpc) is 3.04. The molecule has 0 spiro atoms. The molecule has 4 nitrogen and oxygen atoms in total. The van der Waals surface area contributed by atoms with Crippen molar-refractivity contribution in [3.63, 3.8) is 0 Å². The minimum atomic E-state index is -2.12. The molecule has 2 unspecified atom stereocenters. The molecule has 0 amide bonds. The summed E-state index contributed by atoms with van der Waals surface area (Å²) in [5.74, 6) is 0.631. The molecule has 42 heavy (non-hydrogen) atoms. The molecular formula is C37H49O4P. The normalized spacial score (nSPS) is 17.8. The van der Waals surface area contributed by atoms with Crippen LogP contribution in [0.2, 0.25) is 0 Å². The van der Waals surface area contributed by atoms with E-state index >= 15 is 0 Å². The van der Waals surface area contributed by atoms with Gasteiger partial charge in [-0.1, -0.05) is 0 Å². The van der Waals surface area contributed by atoms with Crippen LogP contribution in [-0.2, 0) is 9.47 Å². The third-order valence-corrected chi connectivity index (χ3v) is 14.0. The Bertz CT molecular complexity index is 1190. The van der Waals surface area contributed by atoms with Gasteiger partial charge < -0.3 is 19.7 Å². The summed E-state index contributed by atoms with van der Waals surface area (Å²) in [5.41, 5.74) is 1.64. The van der Waals surface area contributed by atoms with Gasteiger partial charge in [0, 0.05) is 0 Å². The van der Waals surface area contributed by atoms with Gasteiger partial charge in [0.2, 0.25) is 0 Å². The van der Waals surface area contributed by atoms with Gasteiger partial charge >= 0.3 is 195 Å². The van der Waals surface area contributed by atoms with Crippen molar-refractivity contribution in [2.24, 2.45) is 0 Å². The van der Waals surface area contributed by atoms with Crippen molar-refractivity contribution >= 4 is 23.2 Å². The summed E-state index contributed by atoms with van der Waals surface area (Å²) in [6.07, 6.45) is 9.84. The molecule has 0 bridgehead atoms. The van der Waals surface area contributed by atoms with Gasteiger partial charge in [-0.15, -0.1) is 0 Å². The van der Waals surface area contributed by atoms with Crippen molar-refractivity contribution in [3.8, 4) is 0 Å². The Balaban J connectivity index is 1.26. The number of aliphatic hydroxyl groups is 2. The Labute approximate surface area is 253 Å². The topological polar surface area (TPSA) is 58.9 Å². The van der Waals surface area contributed by atoms with Crippen molar-refractivity contribution in [3.05, 3.63) is 114 Å². The van der Waals surface area contributed by atoms with Gasteiger partial charge in [0.25, 0.3) is 0 Å². The van der Waals surface area contributed by atoms with Gasteiger partial charge in [-0.2, -0.15) is 0 Å². The second-order valence-corrected chi connectivity index (χ2v) is 15.5. The van der Waals surface area contributed by atoms with E-state index in [1.165, 1.54) is 74.8 Å². The average molecular weight is 589 g/mol. The first-order chi connectivity index (χ1) is 20.5. The van der Waals surface area contributed by atoms with Crippen LogP contribution in [0.15, 0.2) is 114 Å². The van der Waals surface area contributed by atoms with Crippen LogP contribution in [0.4, 0.5) is 0 Å². The van der Waals surface area contributed by atoms with E-state index in [0.717, 1.165) is 30.4 Å². The molecule has 5 heteroatoms. The summed E-state index contributed by atoms with van der Waals surface area (Å²) < 4.78 is 10.6. The first-order valence-corrected chi connectivity index (χ1v) is 17.8. The van der Waals surface area contributed by atoms with Gasteiger partial charge in [-0.3, -0.25) is 0 Å². The van der Waals surface area contributed by atoms with E-state index in [4.69, 9.17) is 9.47 Å². The standard InChI is InChI=1S/C37H49O4P/c1-29-33(35(39)37(41-3)36(40-2)34(29)38)27-19-8-6-4-5-7-9-20-28-42(30-21-13-10-14-22-30,31-23-15-11-16-24-31)32-25-17-12-18-26-32/h10-18,21-26,34-35,38-39,42H,4-9,19-20,27-28H2,1-3H3. The van der Waals surface area contributed by atoms with E-state index in [2.05, 4.69) is 91.0 Å². The number of aliphatic hydroxyl groups excluding tert-OH is 2. The molecule has 0 radical (unpaired) electrons. The summed E-state index contributed by atoms with van der Waals surface area (Å²) in [4.78, 5) is 0. The van der Waals surface area contributed by atoms with E-state index in [0.29, 0.717) is 11.5 Å². The zero-order valence-electron chi connectivity index (χ0n) is 25.6. The Hall–Kier alpha value is -2.91. The molecule has 1 aliphatic carbocycles. The quantitative estimate of drug-likeness (QED) is 0.110. The molecule has 0 saturated carbocycles. The van der Waals surface area contributed by atoms with Gasteiger partial charge in [0.15, 0.2) is 11.5 Å². The number of hydrogen-bond donors (Lipinski definition) is 2. The summed E-state index contributed by atoms with van der Waals surface area (Å²) >= 11 is 0. The van der Waals surface area contributed by atoms with E-state index in [1.807, 2.05) is 6.92 Å². The number of ether oxygens (including phenoxy) is 2. The van der Waals surface area contributed by atoms with Crippen molar-refractivity contribution in [2.75, 3.05) is 20.4 Å². The van der Waals surface area contributed by atoms with Gasteiger partial charge in [-0.05, 0) is 6.92 Å². The zero-order chi connectivity index (χ0) is 29.8. The van der Waals surface area contributed by atoms with Crippen LogP contribution < -0.4 is 15.9 Å². The third kappa shape index (κ3) is 7.35. The van der Waals surface area contributed by atoms with Crippen LogP contribution in [0.1, 0.15) is 64.7 Å². The number of benzene rings is 3. The number of unbranched alkanes of at least 4 members (excludes halogenated alkanes) is 7. The van der Waals surface area contributed by atoms with E-state index in [1.54, 1.807) is 0 Å². The molecule has 3 aromatic carbocycles. The Morgan fingerprint density at radius 2 is 0.929 bits per heavy atom. The minimum absolute atomic E-state index is 0.308. The molecule has 3 aromatic rings.